The fraction of sp³-hybridized carbons (Fsp3) is 0.500. The first-order valence-corrected chi connectivity index (χ1v) is 13.5. The maximum absolute atomic E-state index is 13.1. The van der Waals surface area contributed by atoms with Gasteiger partial charge in [-0.15, -0.1) is 0 Å². The summed E-state index contributed by atoms with van der Waals surface area (Å²) in [7, 11) is 0. The molecule has 1 aromatic rings. The van der Waals surface area contributed by atoms with E-state index in [1.165, 1.54) is 6.92 Å². The van der Waals surface area contributed by atoms with Crippen molar-refractivity contribution in [3.05, 3.63) is 42.0 Å². The minimum atomic E-state index is -1.23. The summed E-state index contributed by atoms with van der Waals surface area (Å²) in [6.07, 6.45) is 1.36. The van der Waals surface area contributed by atoms with Gasteiger partial charge in [0.25, 0.3) is 11.8 Å². The number of amides is 5. The molecule has 0 fully saturated rings. The molecule has 5 amide bonds. The number of carbonyl (C=O) groups excluding carboxylic acids is 6. The number of nitrogens with zero attached hydrogens (tertiary/aromatic N) is 1. The second-order valence-electron chi connectivity index (χ2n) is 10.8. The number of anilines is 1. The number of aliphatic hydroxyl groups excluding tert-OH is 1. The number of ether oxygens (including phenoxy) is 1. The smallest absolute Gasteiger partial charge is 0.311 e. The maximum Gasteiger partial charge on any atom is 0.311 e. The summed E-state index contributed by atoms with van der Waals surface area (Å²) in [5.74, 6) is -3.05. The molecule has 1 unspecified atom stereocenters. The summed E-state index contributed by atoms with van der Waals surface area (Å²) in [5, 5.41) is 19.7. The van der Waals surface area contributed by atoms with Crippen LogP contribution in [-0.4, -0.2) is 77.0 Å². The second kappa shape index (κ2) is 15.7. The van der Waals surface area contributed by atoms with E-state index in [9.17, 15) is 33.9 Å². The highest BCUT2D eigenvalue weighted by molar-refractivity contribution is 6.13. The fourth-order valence-electron chi connectivity index (χ4n) is 3.64. The molecule has 1 heterocycles. The summed E-state index contributed by atoms with van der Waals surface area (Å²) in [6.45, 7) is 6.92. The van der Waals surface area contributed by atoms with Crippen LogP contribution in [0.25, 0.3) is 0 Å². The molecule has 14 nitrogen and oxygen atoms in total. The molecular weight excluding hydrogens is 548 g/mol. The molecule has 1 aliphatic heterocycles. The van der Waals surface area contributed by atoms with Crippen LogP contribution in [0.15, 0.2) is 36.4 Å². The van der Waals surface area contributed by atoms with Crippen molar-refractivity contribution in [3.8, 4) is 0 Å². The molecule has 0 aliphatic carbocycles. The highest BCUT2D eigenvalue weighted by atomic mass is 16.5. The Balaban J connectivity index is 1.95. The van der Waals surface area contributed by atoms with Gasteiger partial charge in [0.2, 0.25) is 17.7 Å². The quantitative estimate of drug-likeness (QED) is 0.0677. The van der Waals surface area contributed by atoms with Gasteiger partial charge in [0.1, 0.15) is 18.7 Å². The summed E-state index contributed by atoms with van der Waals surface area (Å²) < 4.78 is 5.30. The molecule has 2 rings (SSSR count). The van der Waals surface area contributed by atoms with E-state index in [0.717, 1.165) is 22.6 Å². The van der Waals surface area contributed by atoms with Gasteiger partial charge in [0.05, 0.1) is 5.41 Å². The zero-order chi connectivity index (χ0) is 31.4. The number of imide groups is 1. The van der Waals surface area contributed by atoms with Crippen molar-refractivity contribution < 1.29 is 38.6 Å². The van der Waals surface area contributed by atoms with Crippen molar-refractivity contribution in [1.82, 2.24) is 20.9 Å². The molecule has 0 spiro atoms. The van der Waals surface area contributed by atoms with Crippen molar-refractivity contribution in [2.24, 2.45) is 11.1 Å². The Hall–Kier alpha value is -4.14. The third-order valence-electron chi connectivity index (χ3n) is 6.09. The molecule has 0 radical (unpaired) electrons. The Bertz CT molecular complexity index is 1160. The van der Waals surface area contributed by atoms with Crippen molar-refractivity contribution in [1.29, 1.82) is 0 Å². The molecular formula is C28H40N6O8. The van der Waals surface area contributed by atoms with Crippen LogP contribution in [0.4, 0.5) is 5.69 Å². The van der Waals surface area contributed by atoms with Gasteiger partial charge in [0, 0.05) is 30.8 Å². The largest absolute Gasteiger partial charge is 0.460 e. The van der Waals surface area contributed by atoms with Crippen LogP contribution in [0.5, 0.6) is 0 Å². The van der Waals surface area contributed by atoms with Gasteiger partial charge < -0.3 is 25.8 Å². The van der Waals surface area contributed by atoms with Crippen molar-refractivity contribution >= 4 is 41.2 Å². The number of benzene rings is 1. The van der Waals surface area contributed by atoms with Crippen LogP contribution < -0.4 is 27.0 Å². The Kier molecular flexibility index (Phi) is 12.8. The molecule has 14 heteroatoms. The summed E-state index contributed by atoms with van der Waals surface area (Å²) in [6, 6.07) is 4.66. The van der Waals surface area contributed by atoms with E-state index in [2.05, 4.69) is 21.3 Å². The van der Waals surface area contributed by atoms with Gasteiger partial charge >= 0.3 is 5.97 Å². The second-order valence-corrected chi connectivity index (χ2v) is 10.8. The molecule has 0 saturated carbocycles. The van der Waals surface area contributed by atoms with Gasteiger partial charge in [-0.1, -0.05) is 12.1 Å². The zero-order valence-corrected chi connectivity index (χ0v) is 24.3. The molecule has 0 saturated heterocycles. The van der Waals surface area contributed by atoms with Crippen LogP contribution in [-0.2, 0) is 40.1 Å². The first-order valence-electron chi connectivity index (χ1n) is 13.5. The third-order valence-corrected chi connectivity index (χ3v) is 6.09. The number of nitrogens with one attached hydrogen (secondary N) is 4. The number of nitrogens with two attached hydrogens (primary N) is 1. The highest BCUT2D eigenvalue weighted by Crippen LogP contribution is 2.17. The summed E-state index contributed by atoms with van der Waals surface area (Å²) in [5.41, 5.74) is 5.82. The lowest BCUT2D eigenvalue weighted by molar-refractivity contribution is -0.154. The number of esters is 1. The number of hydrogen-bond acceptors (Lipinski definition) is 10. The van der Waals surface area contributed by atoms with E-state index in [1.807, 2.05) is 0 Å². The maximum atomic E-state index is 13.1. The minimum absolute atomic E-state index is 0.0775. The van der Waals surface area contributed by atoms with E-state index in [-0.39, 0.29) is 38.5 Å². The van der Waals surface area contributed by atoms with Crippen molar-refractivity contribution in [2.75, 3.05) is 18.4 Å². The Labute approximate surface area is 244 Å². The van der Waals surface area contributed by atoms with E-state index < -0.39 is 53.4 Å². The van der Waals surface area contributed by atoms with E-state index in [0.29, 0.717) is 12.1 Å². The minimum Gasteiger partial charge on any atom is -0.460 e. The lowest BCUT2D eigenvalue weighted by Gasteiger charge is -2.22. The zero-order valence-electron chi connectivity index (χ0n) is 24.3. The molecule has 1 aliphatic rings. The Morgan fingerprint density at radius 3 is 2.19 bits per heavy atom. The number of hydrogen-bond donors (Lipinski definition) is 6. The first kappa shape index (κ1) is 34.1. The molecule has 7 N–H and O–H groups in total. The summed E-state index contributed by atoms with van der Waals surface area (Å²) >= 11 is 0. The average molecular weight is 589 g/mol. The van der Waals surface area contributed by atoms with Crippen molar-refractivity contribution in [2.45, 2.75) is 72.0 Å². The van der Waals surface area contributed by atoms with E-state index in [1.54, 1.807) is 45.0 Å². The van der Waals surface area contributed by atoms with Gasteiger partial charge in [-0.25, -0.2) is 0 Å². The van der Waals surface area contributed by atoms with Crippen molar-refractivity contribution in [3.63, 3.8) is 0 Å². The van der Waals surface area contributed by atoms with Gasteiger partial charge in [-0.2, -0.15) is 0 Å². The number of carbonyl (C=O) groups is 6. The average Bonchev–Trinajstić information content (AvgIpc) is 3.24. The highest BCUT2D eigenvalue weighted by Gasteiger charge is 2.27. The topological polar surface area (TPSA) is 209 Å². The predicted molar refractivity (Wildman–Crippen MR) is 152 cm³/mol. The van der Waals surface area contributed by atoms with Crippen LogP contribution in [0, 0.1) is 5.41 Å². The molecule has 1 aromatic carbocycles. The molecule has 42 heavy (non-hydrogen) atoms. The summed E-state index contributed by atoms with van der Waals surface area (Å²) in [4.78, 5) is 74.4. The third kappa shape index (κ3) is 11.4. The fourth-order valence-corrected chi connectivity index (χ4v) is 3.64. The van der Waals surface area contributed by atoms with Gasteiger partial charge in [-0.05, 0) is 64.8 Å². The Morgan fingerprint density at radius 2 is 1.62 bits per heavy atom. The van der Waals surface area contributed by atoms with Crippen LogP contribution >= 0.6 is 0 Å². The molecule has 0 aromatic heterocycles. The van der Waals surface area contributed by atoms with Crippen LogP contribution in [0.3, 0.4) is 0 Å². The van der Waals surface area contributed by atoms with Crippen LogP contribution in [0.2, 0.25) is 0 Å². The number of rotatable bonds is 15. The normalized spacial score (nSPS) is 15.1. The van der Waals surface area contributed by atoms with Gasteiger partial charge in [0.15, 0.2) is 6.35 Å². The molecule has 3 atom stereocenters. The first-order chi connectivity index (χ1) is 19.7. The molecule has 0 bridgehead atoms. The van der Waals surface area contributed by atoms with Gasteiger partial charge in [-0.3, -0.25) is 44.7 Å². The Morgan fingerprint density at radius 1 is 1.00 bits per heavy atom. The predicted octanol–water partition coefficient (Wildman–Crippen LogP) is -0.377. The lowest BCUT2D eigenvalue weighted by atomic mass is 9.97. The number of aliphatic hydroxyl groups is 1. The molecule has 230 valence electrons. The monoisotopic (exact) mass is 588 g/mol. The lowest BCUT2D eigenvalue weighted by Crippen LogP contribution is -2.52. The van der Waals surface area contributed by atoms with Crippen LogP contribution in [0.1, 0.15) is 52.5 Å². The van der Waals surface area contributed by atoms with E-state index in [4.69, 9.17) is 10.5 Å². The standard InChI is InChI=1S/C28H40N6O8/c1-17(31-21(35)13-15-34-22(36)11-12-23(34)37)24(38)33-20(6-5-14-30-27(29)41)25(39)32-19-9-7-18(8-10-19)16-42-26(40)28(2,3)4/h7-12,17,20,27,30,41H,5-6,13-16,29H2,1-4H3,(H,31,35)(H,32,39)(H,33,38)/t17-,20-,27?/m0/s1. The van der Waals surface area contributed by atoms with E-state index >= 15 is 0 Å². The SMILES string of the molecule is C[C@H](NC(=O)CCN1C(=O)C=CC1=O)C(=O)N[C@@H](CCCNC(N)O)C(=O)Nc1ccc(COC(=O)C(C)(C)C)cc1.